The summed E-state index contributed by atoms with van der Waals surface area (Å²) in [6.07, 6.45) is 4.32. The summed E-state index contributed by atoms with van der Waals surface area (Å²) in [7, 11) is 0. The van der Waals surface area contributed by atoms with Gasteiger partial charge in [0, 0.05) is 34.5 Å². The van der Waals surface area contributed by atoms with Gasteiger partial charge in [-0.05, 0) is 86.6 Å². The van der Waals surface area contributed by atoms with Crippen LogP contribution in [-0.2, 0) is 6.42 Å². The van der Waals surface area contributed by atoms with Gasteiger partial charge in [-0.15, -0.1) is 0 Å². The molecule has 2 amide bonds. The number of para-hydroxylation sites is 1. The van der Waals surface area contributed by atoms with Crippen LogP contribution >= 0.6 is 0 Å². The van der Waals surface area contributed by atoms with Gasteiger partial charge in [-0.1, -0.05) is 41.6 Å². The molecule has 0 saturated heterocycles. The molecule has 1 atom stereocenters. The van der Waals surface area contributed by atoms with Crippen molar-refractivity contribution in [1.82, 2.24) is 0 Å². The third kappa shape index (κ3) is 4.32. The molecule has 1 aliphatic heterocycles. The predicted octanol–water partition coefficient (Wildman–Crippen LogP) is 5.84. The minimum Gasteiger partial charge on any atom is -0.411 e. The zero-order chi connectivity index (χ0) is 24.4. The van der Waals surface area contributed by atoms with E-state index in [0.29, 0.717) is 23.4 Å². The number of fused-ring (bicyclic) bond motifs is 1. The fraction of sp³-hybridized carbons (Fsp3) is 0.276. The molecule has 5 rings (SSSR count). The molecule has 2 N–H and O–H groups in total. The van der Waals surface area contributed by atoms with Gasteiger partial charge in [0.2, 0.25) is 0 Å². The highest BCUT2D eigenvalue weighted by molar-refractivity contribution is 6.08. The first-order chi connectivity index (χ1) is 17.0. The molecule has 0 bridgehead atoms. The van der Waals surface area contributed by atoms with E-state index in [9.17, 15) is 14.8 Å². The van der Waals surface area contributed by atoms with Crippen LogP contribution in [-0.4, -0.2) is 29.3 Å². The molecule has 3 aromatic rings. The fourth-order valence-electron chi connectivity index (χ4n) is 5.53. The lowest BCUT2D eigenvalue weighted by Gasteiger charge is -2.28. The van der Waals surface area contributed by atoms with Gasteiger partial charge in [-0.2, -0.15) is 0 Å². The smallest absolute Gasteiger partial charge is 0.258 e. The number of benzene rings is 3. The fourth-order valence-corrected chi connectivity index (χ4v) is 5.53. The van der Waals surface area contributed by atoms with E-state index in [0.717, 1.165) is 54.6 Å². The Hall–Kier alpha value is -3.93. The number of hydrogen-bond donors (Lipinski definition) is 2. The van der Waals surface area contributed by atoms with E-state index in [2.05, 4.69) is 16.5 Å². The highest BCUT2D eigenvalue weighted by atomic mass is 16.4. The van der Waals surface area contributed by atoms with E-state index >= 15 is 0 Å². The molecule has 2 aliphatic rings. The summed E-state index contributed by atoms with van der Waals surface area (Å²) in [5.41, 5.74) is 5.41. The number of aryl methyl sites for hydroxylation is 1. The molecule has 35 heavy (non-hydrogen) atoms. The number of carbonyl (C=O) groups excluding carboxylic acids is 2. The highest BCUT2D eigenvalue weighted by Crippen LogP contribution is 2.46. The first kappa shape index (κ1) is 22.8. The SMILES string of the molecule is Cc1ccccc1C(=O)Nc1ccc(C(=O)N2CCC3(CCC/C3=N\O)Cc3ccccc32)cc1. The van der Waals surface area contributed by atoms with Crippen LogP contribution in [0.25, 0.3) is 0 Å². The van der Waals surface area contributed by atoms with E-state index in [1.807, 2.05) is 48.2 Å². The largest absolute Gasteiger partial charge is 0.411 e. The molecule has 6 nitrogen and oxygen atoms in total. The van der Waals surface area contributed by atoms with Gasteiger partial charge in [0.1, 0.15) is 0 Å². The van der Waals surface area contributed by atoms with E-state index in [1.165, 1.54) is 0 Å². The van der Waals surface area contributed by atoms with Gasteiger partial charge in [0.15, 0.2) is 0 Å². The second-order valence-electron chi connectivity index (χ2n) is 9.54. The Morgan fingerprint density at radius 1 is 0.971 bits per heavy atom. The molecule has 1 saturated carbocycles. The zero-order valence-electron chi connectivity index (χ0n) is 19.8. The summed E-state index contributed by atoms with van der Waals surface area (Å²) >= 11 is 0. The van der Waals surface area contributed by atoms with Crippen molar-refractivity contribution in [2.45, 2.75) is 39.0 Å². The molecular weight excluding hydrogens is 438 g/mol. The van der Waals surface area contributed by atoms with Crippen LogP contribution in [0.15, 0.2) is 78.0 Å². The highest BCUT2D eigenvalue weighted by Gasteiger charge is 2.43. The second-order valence-corrected chi connectivity index (χ2v) is 9.54. The van der Waals surface area contributed by atoms with Crippen molar-refractivity contribution < 1.29 is 14.8 Å². The Balaban J connectivity index is 1.37. The summed E-state index contributed by atoms with van der Waals surface area (Å²) in [4.78, 5) is 28.1. The maximum atomic E-state index is 13.6. The third-order valence-electron chi connectivity index (χ3n) is 7.45. The lowest BCUT2D eigenvalue weighted by atomic mass is 9.76. The Morgan fingerprint density at radius 2 is 1.71 bits per heavy atom. The summed E-state index contributed by atoms with van der Waals surface area (Å²) in [5, 5.41) is 16.2. The normalized spacial score (nSPS) is 20.5. The second kappa shape index (κ2) is 9.37. The summed E-state index contributed by atoms with van der Waals surface area (Å²) in [6.45, 7) is 2.46. The summed E-state index contributed by atoms with van der Waals surface area (Å²) in [6, 6.07) is 22.5. The molecule has 6 heteroatoms. The Labute approximate surface area is 205 Å². The van der Waals surface area contributed by atoms with Gasteiger partial charge in [-0.3, -0.25) is 9.59 Å². The van der Waals surface area contributed by atoms with Crippen LogP contribution in [0.3, 0.4) is 0 Å². The maximum absolute atomic E-state index is 13.6. The predicted molar refractivity (Wildman–Crippen MR) is 138 cm³/mol. The van der Waals surface area contributed by atoms with Crippen molar-refractivity contribution in [2.24, 2.45) is 10.6 Å². The molecule has 1 fully saturated rings. The first-order valence-electron chi connectivity index (χ1n) is 12.1. The summed E-state index contributed by atoms with van der Waals surface area (Å²) in [5.74, 6) is -0.251. The molecule has 1 heterocycles. The van der Waals surface area contributed by atoms with Crippen LogP contribution in [0, 0.1) is 12.3 Å². The van der Waals surface area contributed by atoms with Crippen LogP contribution in [0.2, 0.25) is 0 Å². The van der Waals surface area contributed by atoms with Crippen molar-refractivity contribution >= 4 is 28.9 Å². The van der Waals surface area contributed by atoms with Crippen LogP contribution < -0.4 is 10.2 Å². The van der Waals surface area contributed by atoms with E-state index < -0.39 is 0 Å². The van der Waals surface area contributed by atoms with E-state index in [1.54, 1.807) is 30.3 Å². The monoisotopic (exact) mass is 467 g/mol. The molecule has 1 unspecified atom stereocenters. The molecule has 1 spiro atoms. The minimum absolute atomic E-state index is 0.0771. The van der Waals surface area contributed by atoms with Gasteiger partial charge >= 0.3 is 0 Å². The lowest BCUT2D eigenvalue weighted by molar-refractivity contribution is 0.0984. The van der Waals surface area contributed by atoms with Crippen LogP contribution in [0.1, 0.15) is 57.5 Å². The van der Waals surface area contributed by atoms with Crippen molar-refractivity contribution in [2.75, 3.05) is 16.8 Å². The van der Waals surface area contributed by atoms with E-state index in [-0.39, 0.29) is 17.2 Å². The quantitative estimate of drug-likeness (QED) is 0.375. The van der Waals surface area contributed by atoms with Crippen LogP contribution in [0.4, 0.5) is 11.4 Å². The molecule has 0 aromatic heterocycles. The van der Waals surface area contributed by atoms with Crippen molar-refractivity contribution in [1.29, 1.82) is 0 Å². The summed E-state index contributed by atoms with van der Waals surface area (Å²) < 4.78 is 0. The number of amides is 2. The van der Waals surface area contributed by atoms with Crippen molar-refractivity contribution in [3.8, 4) is 0 Å². The minimum atomic E-state index is -0.191. The van der Waals surface area contributed by atoms with Gasteiger partial charge in [0.05, 0.1) is 5.71 Å². The molecule has 0 radical (unpaired) electrons. The zero-order valence-corrected chi connectivity index (χ0v) is 19.8. The lowest BCUT2D eigenvalue weighted by Crippen LogP contribution is -2.35. The van der Waals surface area contributed by atoms with Crippen molar-refractivity contribution in [3.63, 3.8) is 0 Å². The molecule has 178 valence electrons. The van der Waals surface area contributed by atoms with Gasteiger partial charge in [-0.25, -0.2) is 0 Å². The molecular formula is C29H29N3O3. The number of nitrogens with one attached hydrogen (secondary N) is 1. The van der Waals surface area contributed by atoms with Crippen LogP contribution in [0.5, 0.6) is 0 Å². The standard InChI is InChI=1S/C29H29N3O3/c1-20-7-2-4-9-24(20)27(33)30-23-14-12-21(13-15-23)28(34)32-18-17-29(16-6-11-26(29)31-35)19-22-8-3-5-10-25(22)32/h2-5,7-10,12-15,35H,6,11,16-19H2,1H3,(H,30,33)/b31-26+. The molecule has 1 aliphatic carbocycles. The Kier molecular flexibility index (Phi) is 6.12. The van der Waals surface area contributed by atoms with Crippen molar-refractivity contribution in [3.05, 3.63) is 95.1 Å². The average molecular weight is 468 g/mol. The topological polar surface area (TPSA) is 82.0 Å². The Bertz CT molecular complexity index is 1300. The number of nitrogens with zero attached hydrogens (tertiary/aromatic N) is 2. The number of hydrogen-bond acceptors (Lipinski definition) is 4. The average Bonchev–Trinajstić information content (AvgIpc) is 3.19. The third-order valence-corrected chi connectivity index (χ3v) is 7.45. The molecule has 3 aromatic carbocycles. The van der Waals surface area contributed by atoms with Gasteiger partial charge in [0.25, 0.3) is 11.8 Å². The number of rotatable bonds is 3. The van der Waals surface area contributed by atoms with Gasteiger partial charge < -0.3 is 15.4 Å². The Morgan fingerprint density at radius 3 is 2.49 bits per heavy atom. The van der Waals surface area contributed by atoms with E-state index in [4.69, 9.17) is 0 Å². The number of oxime groups is 1. The maximum Gasteiger partial charge on any atom is 0.258 e. The number of anilines is 2. The number of carbonyl (C=O) groups is 2. The first-order valence-corrected chi connectivity index (χ1v) is 12.1.